The van der Waals surface area contributed by atoms with Crippen molar-refractivity contribution in [3.63, 3.8) is 0 Å². The minimum atomic E-state index is -0.899. The molecule has 0 aliphatic heterocycles. The second kappa shape index (κ2) is 17.7. The van der Waals surface area contributed by atoms with Gasteiger partial charge in [-0.1, -0.05) is 56.9 Å². The number of ether oxygens (including phenoxy) is 2. The number of anilines is 1. The summed E-state index contributed by atoms with van der Waals surface area (Å²) in [5.74, 6) is 0.710. The monoisotopic (exact) mass is 599 g/mol. The topological polar surface area (TPSA) is 97.0 Å². The van der Waals surface area contributed by atoms with E-state index in [2.05, 4.69) is 17.6 Å². The fourth-order valence-corrected chi connectivity index (χ4v) is 5.10. The van der Waals surface area contributed by atoms with Crippen LogP contribution in [0.2, 0.25) is 0 Å². The molecule has 42 heavy (non-hydrogen) atoms. The van der Waals surface area contributed by atoms with E-state index < -0.39 is 23.8 Å². The molecule has 2 atom stereocenters. The molecule has 0 aromatic heterocycles. The summed E-state index contributed by atoms with van der Waals surface area (Å²) in [5.41, 5.74) is 1.53. The van der Waals surface area contributed by atoms with Crippen LogP contribution in [0.1, 0.15) is 83.4 Å². The average molecular weight is 600 g/mol. The third kappa shape index (κ3) is 11.6. The van der Waals surface area contributed by atoms with Gasteiger partial charge in [-0.25, -0.2) is 4.79 Å². The lowest BCUT2D eigenvalue weighted by Crippen LogP contribution is -2.53. The minimum Gasteiger partial charge on any atom is -0.497 e. The Bertz CT molecular complexity index is 1130. The maximum atomic E-state index is 14.4. The zero-order chi connectivity index (χ0) is 31.1. The second-order valence-electron chi connectivity index (χ2n) is 11.4. The lowest BCUT2D eigenvalue weighted by atomic mass is 9.97. The predicted molar refractivity (Wildman–Crippen MR) is 172 cm³/mol. The summed E-state index contributed by atoms with van der Waals surface area (Å²) in [6.45, 7) is 9.83. The van der Waals surface area contributed by atoms with Crippen LogP contribution in [0.15, 0.2) is 48.5 Å². The fraction of sp³-hybridized carbons (Fsp3) is 0.545. The molecule has 2 rings (SSSR count). The molecule has 0 radical (unpaired) electrons. The molecule has 0 aliphatic rings. The Morgan fingerprint density at radius 1 is 0.976 bits per heavy atom. The summed E-state index contributed by atoms with van der Waals surface area (Å²) in [6.07, 6.45) is 6.67. The van der Waals surface area contributed by atoms with Crippen molar-refractivity contribution < 1.29 is 23.9 Å². The number of unbranched alkanes of at least 4 members (excludes halogenated alkanes) is 4. The van der Waals surface area contributed by atoms with Crippen LogP contribution in [-0.2, 0) is 14.3 Å². The zero-order valence-electron chi connectivity index (χ0n) is 26.3. The highest BCUT2D eigenvalue weighted by atomic mass is 32.2. The van der Waals surface area contributed by atoms with Gasteiger partial charge < -0.3 is 25.0 Å². The first-order chi connectivity index (χ1) is 20.0. The van der Waals surface area contributed by atoms with Crippen LogP contribution in [-0.4, -0.2) is 60.1 Å². The predicted octanol–water partition coefficient (Wildman–Crippen LogP) is 7.13. The van der Waals surface area contributed by atoms with Crippen molar-refractivity contribution in [3.8, 4) is 5.75 Å². The fourth-order valence-electron chi connectivity index (χ4n) is 4.62. The molecule has 2 aromatic rings. The van der Waals surface area contributed by atoms with Crippen LogP contribution in [0.5, 0.6) is 5.75 Å². The van der Waals surface area contributed by atoms with E-state index >= 15 is 0 Å². The van der Waals surface area contributed by atoms with Gasteiger partial charge >= 0.3 is 6.09 Å². The number of carbonyl (C=O) groups excluding carboxylic acids is 3. The number of alkyl carbamates (subject to hydrolysis) is 1. The maximum Gasteiger partial charge on any atom is 0.408 e. The third-order valence-electron chi connectivity index (χ3n) is 6.79. The van der Waals surface area contributed by atoms with Crippen molar-refractivity contribution in [2.75, 3.05) is 31.0 Å². The molecule has 0 spiro atoms. The minimum absolute atomic E-state index is 0.302. The quantitative estimate of drug-likeness (QED) is 0.199. The number of hydrogen-bond donors (Lipinski definition) is 2. The summed E-state index contributed by atoms with van der Waals surface area (Å²) in [7, 11) is 1.59. The highest BCUT2D eigenvalue weighted by Crippen LogP contribution is 2.28. The van der Waals surface area contributed by atoms with E-state index in [1.165, 1.54) is 0 Å². The summed E-state index contributed by atoms with van der Waals surface area (Å²) >= 11 is 1.59. The number of nitrogens with zero attached hydrogens (tertiary/aromatic N) is 1. The summed E-state index contributed by atoms with van der Waals surface area (Å²) in [4.78, 5) is 42.9. The average Bonchev–Trinajstić information content (AvgIpc) is 2.94. The zero-order valence-corrected chi connectivity index (χ0v) is 27.1. The third-order valence-corrected chi connectivity index (χ3v) is 7.43. The van der Waals surface area contributed by atoms with Crippen molar-refractivity contribution in [2.45, 2.75) is 90.8 Å². The van der Waals surface area contributed by atoms with E-state index in [0.29, 0.717) is 30.2 Å². The number of hydrogen-bond acceptors (Lipinski definition) is 6. The van der Waals surface area contributed by atoms with Crippen molar-refractivity contribution in [1.82, 2.24) is 10.2 Å². The second-order valence-corrected chi connectivity index (χ2v) is 12.4. The molecule has 0 bridgehead atoms. The van der Waals surface area contributed by atoms with E-state index in [4.69, 9.17) is 9.47 Å². The van der Waals surface area contributed by atoms with Crippen LogP contribution in [0.3, 0.4) is 0 Å². The summed E-state index contributed by atoms with van der Waals surface area (Å²) in [5, 5.41) is 5.82. The smallest absolute Gasteiger partial charge is 0.408 e. The SMILES string of the molecule is CCCCCCCN(C(=O)C(CCSC)NC(=O)OC(C)(C)C)C(C(=O)Nc1ccc(OC)cc1)c1ccccc1C. The largest absolute Gasteiger partial charge is 0.497 e. The van der Waals surface area contributed by atoms with Gasteiger partial charge in [-0.15, -0.1) is 0 Å². The van der Waals surface area contributed by atoms with Crippen LogP contribution in [0.4, 0.5) is 10.5 Å². The van der Waals surface area contributed by atoms with Gasteiger partial charge in [-0.2, -0.15) is 11.8 Å². The lowest BCUT2D eigenvalue weighted by Gasteiger charge is -2.35. The number of benzene rings is 2. The van der Waals surface area contributed by atoms with Crippen molar-refractivity contribution in [1.29, 1.82) is 0 Å². The van der Waals surface area contributed by atoms with Gasteiger partial charge in [0.1, 0.15) is 23.4 Å². The Balaban J connectivity index is 2.51. The van der Waals surface area contributed by atoms with E-state index in [1.54, 1.807) is 68.8 Å². The van der Waals surface area contributed by atoms with Gasteiger partial charge in [0.05, 0.1) is 7.11 Å². The molecule has 9 heteroatoms. The van der Waals surface area contributed by atoms with Crippen molar-refractivity contribution >= 4 is 35.4 Å². The Morgan fingerprint density at radius 3 is 2.24 bits per heavy atom. The molecule has 2 aromatic carbocycles. The molecule has 0 heterocycles. The van der Waals surface area contributed by atoms with Crippen LogP contribution >= 0.6 is 11.8 Å². The highest BCUT2D eigenvalue weighted by Gasteiger charge is 2.36. The van der Waals surface area contributed by atoms with E-state index in [1.807, 2.05) is 37.4 Å². The van der Waals surface area contributed by atoms with Crippen LogP contribution in [0, 0.1) is 6.92 Å². The Morgan fingerprint density at radius 2 is 1.64 bits per heavy atom. The van der Waals surface area contributed by atoms with Crippen molar-refractivity contribution in [3.05, 3.63) is 59.7 Å². The number of carbonyl (C=O) groups is 3. The van der Waals surface area contributed by atoms with Crippen LogP contribution < -0.4 is 15.4 Å². The van der Waals surface area contributed by atoms with Gasteiger partial charge in [-0.05, 0) is 87.9 Å². The number of thioether (sulfide) groups is 1. The van der Waals surface area contributed by atoms with Gasteiger partial charge in [0.2, 0.25) is 5.91 Å². The van der Waals surface area contributed by atoms with E-state index in [9.17, 15) is 14.4 Å². The first-order valence-electron chi connectivity index (χ1n) is 14.8. The van der Waals surface area contributed by atoms with E-state index in [0.717, 1.165) is 43.2 Å². The van der Waals surface area contributed by atoms with Crippen molar-refractivity contribution in [2.24, 2.45) is 0 Å². The highest BCUT2D eigenvalue weighted by molar-refractivity contribution is 7.98. The number of aryl methyl sites for hydroxylation is 1. The summed E-state index contributed by atoms with van der Waals surface area (Å²) in [6, 6.07) is 13.0. The molecule has 8 nitrogen and oxygen atoms in total. The molecule has 0 saturated heterocycles. The summed E-state index contributed by atoms with van der Waals surface area (Å²) < 4.78 is 10.8. The molecule has 0 aliphatic carbocycles. The van der Waals surface area contributed by atoms with Gasteiger partial charge in [0, 0.05) is 12.2 Å². The first-order valence-corrected chi connectivity index (χ1v) is 16.2. The van der Waals surface area contributed by atoms with Gasteiger partial charge in [0.15, 0.2) is 0 Å². The molecule has 2 unspecified atom stereocenters. The number of nitrogens with one attached hydrogen (secondary N) is 2. The number of amides is 3. The number of rotatable bonds is 16. The first kappa shape index (κ1) is 35.0. The molecule has 0 fully saturated rings. The Hall–Kier alpha value is -3.20. The number of methoxy groups -OCH3 is 1. The Kier molecular flexibility index (Phi) is 14.7. The Labute approximate surface area is 256 Å². The molecule has 2 N–H and O–H groups in total. The standard InChI is InChI=1S/C33H49N3O5S/c1-8-9-10-11-14-22-36(31(38)28(21-23-42-7)35-32(39)41-33(3,4)5)29(27-16-13-12-15-24(27)2)30(37)34-25-17-19-26(40-6)20-18-25/h12-13,15-20,28-29H,8-11,14,21-23H2,1-7H3,(H,34,37)(H,35,39). The normalized spacial score (nSPS) is 12.6. The molecular formula is C33H49N3O5S. The van der Waals surface area contributed by atoms with Gasteiger partial charge in [-0.3, -0.25) is 9.59 Å². The molecule has 3 amide bonds. The molecular weight excluding hydrogens is 550 g/mol. The van der Waals surface area contributed by atoms with Gasteiger partial charge in [0.25, 0.3) is 5.91 Å². The molecule has 0 saturated carbocycles. The van der Waals surface area contributed by atoms with E-state index in [-0.39, 0.29) is 11.8 Å². The lowest BCUT2D eigenvalue weighted by molar-refractivity contribution is -0.141. The molecule has 232 valence electrons. The van der Waals surface area contributed by atoms with Crippen LogP contribution in [0.25, 0.3) is 0 Å². The maximum absolute atomic E-state index is 14.4.